The maximum absolute atomic E-state index is 11.0. The standard InChI is InChI=1S/C8H15NO4S/c1-2-3-4-13-8(12)9-6(5-14)7(10)11/h6,14H,2-5H2,1H3,(H,9,12)(H,10,11). The van der Waals surface area contributed by atoms with Gasteiger partial charge in [0.1, 0.15) is 6.04 Å². The van der Waals surface area contributed by atoms with Crippen molar-refractivity contribution < 1.29 is 19.4 Å². The summed E-state index contributed by atoms with van der Waals surface area (Å²) in [7, 11) is 0. The Kier molecular flexibility index (Phi) is 7.00. The Morgan fingerprint density at radius 2 is 2.21 bits per heavy atom. The minimum absolute atomic E-state index is 0.0399. The highest BCUT2D eigenvalue weighted by Crippen LogP contribution is 1.92. The number of amides is 1. The molecule has 0 rings (SSSR count). The highest BCUT2D eigenvalue weighted by molar-refractivity contribution is 7.80. The maximum Gasteiger partial charge on any atom is 0.407 e. The van der Waals surface area contributed by atoms with Crippen LogP contribution in [0.5, 0.6) is 0 Å². The third-order valence-electron chi connectivity index (χ3n) is 1.50. The lowest BCUT2D eigenvalue weighted by Gasteiger charge is -2.11. The van der Waals surface area contributed by atoms with Crippen molar-refractivity contribution >= 4 is 24.7 Å². The molecule has 6 heteroatoms. The monoisotopic (exact) mass is 221 g/mol. The summed E-state index contributed by atoms with van der Waals surface area (Å²) in [6, 6.07) is -0.993. The molecule has 0 aliphatic rings. The van der Waals surface area contributed by atoms with Gasteiger partial charge in [-0.25, -0.2) is 9.59 Å². The fraction of sp³-hybridized carbons (Fsp3) is 0.750. The summed E-state index contributed by atoms with van der Waals surface area (Å²) >= 11 is 3.79. The van der Waals surface area contributed by atoms with Crippen LogP contribution in [0, 0.1) is 0 Å². The van der Waals surface area contributed by atoms with Crippen LogP contribution in [0.15, 0.2) is 0 Å². The second kappa shape index (κ2) is 7.49. The van der Waals surface area contributed by atoms with Crippen LogP contribution in [0.3, 0.4) is 0 Å². The number of carbonyl (C=O) groups is 2. The fourth-order valence-electron chi connectivity index (χ4n) is 0.679. The highest BCUT2D eigenvalue weighted by Gasteiger charge is 2.18. The third kappa shape index (κ3) is 5.69. The van der Waals surface area contributed by atoms with Crippen LogP contribution in [-0.2, 0) is 9.53 Å². The molecule has 14 heavy (non-hydrogen) atoms. The summed E-state index contributed by atoms with van der Waals surface area (Å²) in [5.41, 5.74) is 0. The van der Waals surface area contributed by atoms with E-state index in [-0.39, 0.29) is 5.75 Å². The van der Waals surface area contributed by atoms with Gasteiger partial charge < -0.3 is 15.2 Å². The lowest BCUT2D eigenvalue weighted by atomic mass is 10.3. The van der Waals surface area contributed by atoms with E-state index >= 15 is 0 Å². The van der Waals surface area contributed by atoms with Gasteiger partial charge in [-0.2, -0.15) is 12.6 Å². The zero-order valence-electron chi connectivity index (χ0n) is 8.02. The van der Waals surface area contributed by atoms with Gasteiger partial charge in [-0.15, -0.1) is 0 Å². The summed E-state index contributed by atoms with van der Waals surface area (Å²) in [4.78, 5) is 21.4. The number of carbonyl (C=O) groups excluding carboxylic acids is 1. The number of thiol groups is 1. The molecule has 5 nitrogen and oxygen atoms in total. The summed E-state index contributed by atoms with van der Waals surface area (Å²) in [6.45, 7) is 2.27. The van der Waals surface area contributed by atoms with Crippen molar-refractivity contribution in [2.45, 2.75) is 25.8 Å². The average Bonchev–Trinajstić information content (AvgIpc) is 2.14. The van der Waals surface area contributed by atoms with E-state index < -0.39 is 18.1 Å². The number of carboxylic acid groups (broad SMARTS) is 1. The number of hydrogen-bond acceptors (Lipinski definition) is 4. The van der Waals surface area contributed by atoms with Gasteiger partial charge in [0.05, 0.1) is 6.61 Å². The van der Waals surface area contributed by atoms with Crippen LogP contribution < -0.4 is 5.32 Å². The Hall–Kier alpha value is -0.910. The molecule has 0 aromatic rings. The van der Waals surface area contributed by atoms with Crippen molar-refractivity contribution in [2.75, 3.05) is 12.4 Å². The molecule has 0 saturated heterocycles. The van der Waals surface area contributed by atoms with Gasteiger partial charge in [0.25, 0.3) is 0 Å². The Morgan fingerprint density at radius 3 is 2.64 bits per heavy atom. The van der Waals surface area contributed by atoms with Crippen molar-refractivity contribution in [1.82, 2.24) is 5.32 Å². The molecule has 1 atom stereocenters. The molecule has 1 unspecified atom stereocenters. The SMILES string of the molecule is CCCCOC(=O)NC(CS)C(=O)O. The molecule has 2 N–H and O–H groups in total. The third-order valence-corrected chi connectivity index (χ3v) is 1.87. The van der Waals surface area contributed by atoms with E-state index in [1.807, 2.05) is 6.92 Å². The number of carboxylic acids is 1. The van der Waals surface area contributed by atoms with Crippen molar-refractivity contribution in [3.05, 3.63) is 0 Å². The first-order valence-electron chi connectivity index (χ1n) is 4.38. The predicted molar refractivity (Wildman–Crippen MR) is 54.7 cm³/mol. The van der Waals surface area contributed by atoms with E-state index in [1.54, 1.807) is 0 Å². The molecule has 0 fully saturated rings. The minimum Gasteiger partial charge on any atom is -0.480 e. The van der Waals surface area contributed by atoms with E-state index in [1.165, 1.54) is 0 Å². The van der Waals surface area contributed by atoms with Gasteiger partial charge >= 0.3 is 12.1 Å². The van der Waals surface area contributed by atoms with Gasteiger partial charge in [0.15, 0.2) is 0 Å². The van der Waals surface area contributed by atoms with Gasteiger partial charge in [0.2, 0.25) is 0 Å². The number of hydrogen-bond donors (Lipinski definition) is 3. The largest absolute Gasteiger partial charge is 0.480 e. The smallest absolute Gasteiger partial charge is 0.407 e. The lowest BCUT2D eigenvalue weighted by molar-refractivity contribution is -0.138. The minimum atomic E-state index is -1.12. The summed E-state index contributed by atoms with van der Waals surface area (Å²) < 4.78 is 4.72. The van der Waals surface area contributed by atoms with Crippen molar-refractivity contribution in [2.24, 2.45) is 0 Å². The van der Waals surface area contributed by atoms with E-state index in [0.717, 1.165) is 12.8 Å². The van der Waals surface area contributed by atoms with Crippen LogP contribution >= 0.6 is 12.6 Å². The van der Waals surface area contributed by atoms with E-state index in [2.05, 4.69) is 17.9 Å². The second-order valence-electron chi connectivity index (χ2n) is 2.71. The molecule has 0 aliphatic heterocycles. The predicted octanol–water partition coefficient (Wildman–Crippen LogP) is 0.896. The van der Waals surface area contributed by atoms with Crippen LogP contribution in [0.1, 0.15) is 19.8 Å². The maximum atomic E-state index is 11.0. The second-order valence-corrected chi connectivity index (χ2v) is 3.07. The Labute approximate surface area is 88.2 Å². The molecule has 0 aliphatic carbocycles. The highest BCUT2D eigenvalue weighted by atomic mass is 32.1. The van der Waals surface area contributed by atoms with Gasteiger partial charge in [0, 0.05) is 5.75 Å². The van der Waals surface area contributed by atoms with Crippen LogP contribution in [0.25, 0.3) is 0 Å². The summed E-state index contributed by atoms with van der Waals surface area (Å²) in [6.07, 6.45) is 0.980. The molecule has 1 amide bonds. The van der Waals surface area contributed by atoms with E-state index in [4.69, 9.17) is 9.84 Å². The zero-order chi connectivity index (χ0) is 11.0. The number of rotatable bonds is 6. The number of ether oxygens (including phenoxy) is 1. The van der Waals surface area contributed by atoms with Gasteiger partial charge in [-0.1, -0.05) is 13.3 Å². The number of aliphatic carboxylic acids is 1. The van der Waals surface area contributed by atoms with Crippen molar-refractivity contribution in [3.8, 4) is 0 Å². The fourth-order valence-corrected chi connectivity index (χ4v) is 0.926. The summed E-state index contributed by atoms with van der Waals surface area (Å²) in [5.74, 6) is -1.08. The van der Waals surface area contributed by atoms with Crippen LogP contribution in [0.2, 0.25) is 0 Å². The molecular weight excluding hydrogens is 206 g/mol. The van der Waals surface area contributed by atoms with E-state index in [0.29, 0.717) is 6.61 Å². The zero-order valence-corrected chi connectivity index (χ0v) is 8.92. The quantitative estimate of drug-likeness (QED) is 0.460. The molecular formula is C8H15NO4S. The molecule has 0 spiro atoms. The molecule has 0 bridgehead atoms. The average molecular weight is 221 g/mol. The molecule has 82 valence electrons. The van der Waals surface area contributed by atoms with Gasteiger partial charge in [-0.05, 0) is 6.42 Å². The van der Waals surface area contributed by atoms with E-state index in [9.17, 15) is 9.59 Å². The van der Waals surface area contributed by atoms with Crippen molar-refractivity contribution in [3.63, 3.8) is 0 Å². The lowest BCUT2D eigenvalue weighted by Crippen LogP contribution is -2.42. The Balaban J connectivity index is 3.74. The molecule has 0 radical (unpaired) electrons. The van der Waals surface area contributed by atoms with Crippen LogP contribution in [-0.4, -0.2) is 35.6 Å². The Morgan fingerprint density at radius 1 is 1.57 bits per heavy atom. The molecule has 0 saturated carbocycles. The summed E-state index contributed by atoms with van der Waals surface area (Å²) in [5, 5.41) is 10.8. The van der Waals surface area contributed by atoms with Gasteiger partial charge in [-0.3, -0.25) is 0 Å². The van der Waals surface area contributed by atoms with Crippen LogP contribution in [0.4, 0.5) is 4.79 Å². The first kappa shape index (κ1) is 13.1. The molecule has 0 heterocycles. The topological polar surface area (TPSA) is 75.6 Å². The van der Waals surface area contributed by atoms with Crippen molar-refractivity contribution in [1.29, 1.82) is 0 Å². The molecule has 0 aromatic carbocycles. The Bertz CT molecular complexity index is 198. The number of unbranched alkanes of at least 4 members (excludes halogenated alkanes) is 1. The molecule has 0 aromatic heterocycles. The number of nitrogens with one attached hydrogen (secondary N) is 1. The normalized spacial score (nSPS) is 11.9. The first-order valence-corrected chi connectivity index (χ1v) is 5.02. The number of alkyl carbamates (subject to hydrolysis) is 1. The first-order chi connectivity index (χ1) is 6.61.